The zero-order chi connectivity index (χ0) is 17.0. The highest BCUT2D eigenvalue weighted by molar-refractivity contribution is 7.44. The molecule has 0 radical (unpaired) electrons. The maximum absolute atomic E-state index is 11.1. The van der Waals surface area contributed by atoms with Gasteiger partial charge in [0.05, 0.1) is 0 Å². The lowest BCUT2D eigenvalue weighted by atomic mass is 9.83. The molecule has 0 heterocycles. The van der Waals surface area contributed by atoms with Crippen LogP contribution in [0.5, 0.6) is 0 Å². The molecule has 15 heteroatoms. The molecular weight excluding hydrogens is 357 g/mol. The van der Waals surface area contributed by atoms with Gasteiger partial charge in [0.25, 0.3) is 0 Å². The van der Waals surface area contributed by atoms with Gasteiger partial charge >= 0.3 is 40.1 Å². The molecule has 1 aliphatic carbocycles. The Bertz CT molecular complexity index is 511. The molecule has 1 saturated carbocycles. The molecular formula is C6H9O12P3. The second-order valence-electron chi connectivity index (χ2n) is 4.30. The standard InChI is InChI=1S/C6H9O12P3/c7-1-2(8)5(11,20(15)16)6(12,21(17)18)3(9)4(1,10)19(13)14/h1-3,7-12H/t1-,2-,3+,4+,5-,6-/m1/s1. The third kappa shape index (κ3) is 2.13. The van der Waals surface area contributed by atoms with E-state index in [4.69, 9.17) is 0 Å². The molecule has 1 fully saturated rings. The van der Waals surface area contributed by atoms with E-state index in [0.717, 1.165) is 0 Å². The van der Waals surface area contributed by atoms with Gasteiger partial charge in [-0.05, 0) is 0 Å². The SMILES string of the molecule is O=[P+]([O-])[C@@]1(O)[C@H](O)[C@@H](O)[C@@](O)([P+](=O)[O-])[C@](O)([P+](=O)[O-])[C@H]1O. The highest BCUT2D eigenvalue weighted by Crippen LogP contribution is 2.61. The smallest absolute Gasteiger partial charge is 0.370 e. The summed E-state index contributed by atoms with van der Waals surface area (Å²) in [4.78, 5) is 33.0. The molecule has 21 heavy (non-hydrogen) atoms. The molecule has 0 aromatic heterocycles. The third-order valence-electron chi connectivity index (χ3n) is 3.32. The Labute approximate surface area is 118 Å². The summed E-state index contributed by atoms with van der Waals surface area (Å²) in [5, 5.41) is 45.7. The molecule has 0 aromatic carbocycles. The number of rotatable bonds is 3. The van der Waals surface area contributed by atoms with Crippen LogP contribution in [0.2, 0.25) is 0 Å². The van der Waals surface area contributed by atoms with Crippen LogP contribution in [0.4, 0.5) is 0 Å². The lowest BCUT2D eigenvalue weighted by molar-refractivity contribution is -0.306. The molecule has 120 valence electrons. The zero-order valence-corrected chi connectivity index (χ0v) is 12.4. The average Bonchev–Trinajstić information content (AvgIpc) is 2.39. The van der Waals surface area contributed by atoms with Crippen LogP contribution in [0.15, 0.2) is 0 Å². The number of aliphatic hydroxyl groups is 6. The summed E-state index contributed by atoms with van der Waals surface area (Å²) in [5.74, 6) is 0. The van der Waals surface area contributed by atoms with Crippen molar-refractivity contribution in [3.63, 3.8) is 0 Å². The van der Waals surface area contributed by atoms with E-state index in [1.165, 1.54) is 0 Å². The Morgan fingerprint density at radius 2 is 1.10 bits per heavy atom. The van der Waals surface area contributed by atoms with E-state index in [9.17, 15) is 59.0 Å². The van der Waals surface area contributed by atoms with Crippen LogP contribution in [-0.4, -0.2) is 65.0 Å². The Kier molecular flexibility index (Phi) is 5.01. The van der Waals surface area contributed by atoms with Gasteiger partial charge in [-0.15, -0.1) is 0 Å². The highest BCUT2D eigenvalue weighted by Gasteiger charge is 2.88. The molecule has 0 bridgehead atoms. The van der Waals surface area contributed by atoms with E-state index >= 15 is 0 Å². The summed E-state index contributed by atoms with van der Waals surface area (Å²) in [6.07, 6.45) is -9.57. The van der Waals surface area contributed by atoms with Crippen LogP contribution in [0.25, 0.3) is 0 Å². The fourth-order valence-electron chi connectivity index (χ4n) is 2.01. The van der Waals surface area contributed by atoms with Crippen LogP contribution in [0, 0.1) is 0 Å². The lowest BCUT2D eigenvalue weighted by Gasteiger charge is -2.46. The van der Waals surface area contributed by atoms with Crippen molar-refractivity contribution >= 4 is 24.1 Å². The van der Waals surface area contributed by atoms with Crippen LogP contribution in [0.3, 0.4) is 0 Å². The van der Waals surface area contributed by atoms with Crippen molar-refractivity contribution in [1.82, 2.24) is 0 Å². The van der Waals surface area contributed by atoms with Gasteiger partial charge in [0, 0.05) is 0 Å². The molecule has 6 N–H and O–H groups in total. The van der Waals surface area contributed by atoms with Crippen molar-refractivity contribution in [1.29, 1.82) is 0 Å². The van der Waals surface area contributed by atoms with E-state index < -0.39 is 58.4 Å². The van der Waals surface area contributed by atoms with Gasteiger partial charge in [-0.3, -0.25) is 0 Å². The van der Waals surface area contributed by atoms with Crippen molar-refractivity contribution < 1.29 is 59.0 Å². The molecule has 0 saturated heterocycles. The molecule has 0 aliphatic heterocycles. The Balaban J connectivity index is 3.74. The Hall–Kier alpha value is -0.0600. The molecule has 12 nitrogen and oxygen atoms in total. The van der Waals surface area contributed by atoms with Crippen LogP contribution >= 0.6 is 24.1 Å². The van der Waals surface area contributed by atoms with E-state index in [2.05, 4.69) is 0 Å². The highest BCUT2D eigenvalue weighted by atomic mass is 31.1. The quantitative estimate of drug-likeness (QED) is 0.256. The lowest BCUT2D eigenvalue weighted by Crippen LogP contribution is -2.79. The normalized spacial score (nSPS) is 49.6. The van der Waals surface area contributed by atoms with E-state index in [0.29, 0.717) is 0 Å². The molecule has 0 amide bonds. The number of hydrogen-bond acceptors (Lipinski definition) is 12. The zero-order valence-electron chi connectivity index (χ0n) is 9.71. The van der Waals surface area contributed by atoms with Crippen LogP contribution in [0.1, 0.15) is 0 Å². The fourth-order valence-corrected chi connectivity index (χ4v) is 4.89. The summed E-state index contributed by atoms with van der Waals surface area (Å²) in [6, 6.07) is 0. The van der Waals surface area contributed by atoms with Crippen molar-refractivity contribution in [2.24, 2.45) is 0 Å². The first kappa shape index (κ1) is 19.0. The van der Waals surface area contributed by atoms with Gasteiger partial charge in [-0.25, -0.2) is 0 Å². The Morgan fingerprint density at radius 3 is 1.38 bits per heavy atom. The first-order valence-corrected chi connectivity index (χ1v) is 8.48. The predicted molar refractivity (Wildman–Crippen MR) is 55.7 cm³/mol. The maximum Gasteiger partial charge on any atom is 0.370 e. The van der Waals surface area contributed by atoms with Crippen molar-refractivity contribution in [3.05, 3.63) is 0 Å². The third-order valence-corrected chi connectivity index (χ3v) is 6.90. The summed E-state index contributed by atoms with van der Waals surface area (Å²) in [7, 11) is -13.2. The van der Waals surface area contributed by atoms with Crippen molar-refractivity contribution in [2.45, 2.75) is 34.3 Å². The summed E-state index contributed by atoms with van der Waals surface area (Å²) >= 11 is 0. The maximum atomic E-state index is 11.1. The van der Waals surface area contributed by atoms with E-state index in [1.54, 1.807) is 0 Å². The van der Waals surface area contributed by atoms with Gasteiger partial charge < -0.3 is 45.3 Å². The topological polar surface area (TPSA) is 242 Å². The second-order valence-corrected chi connectivity index (χ2v) is 7.92. The monoisotopic (exact) mass is 366 g/mol. The molecule has 1 aliphatic rings. The summed E-state index contributed by atoms with van der Waals surface area (Å²) in [5.41, 5.74) is 0. The number of hydrogen-bond donors (Lipinski definition) is 6. The fraction of sp³-hybridized carbons (Fsp3) is 1.00. The molecule has 0 aromatic rings. The Morgan fingerprint density at radius 1 is 0.714 bits per heavy atom. The van der Waals surface area contributed by atoms with Crippen molar-refractivity contribution in [3.8, 4) is 0 Å². The number of aliphatic hydroxyl groups excluding tert-OH is 3. The van der Waals surface area contributed by atoms with Gasteiger partial charge in [-0.1, -0.05) is 13.7 Å². The minimum absolute atomic E-state index is 3.03. The predicted octanol–water partition coefficient (Wildman–Crippen LogP) is -5.54. The second kappa shape index (κ2) is 5.54. The minimum Gasteiger partial charge on any atom is -0.593 e. The van der Waals surface area contributed by atoms with Gasteiger partial charge in [0.15, 0.2) is 12.2 Å². The van der Waals surface area contributed by atoms with Gasteiger partial charge in [0.2, 0.25) is 6.10 Å². The van der Waals surface area contributed by atoms with Crippen LogP contribution in [-0.2, 0) is 13.7 Å². The largest absolute Gasteiger partial charge is 0.593 e. The summed E-state index contributed by atoms with van der Waals surface area (Å²) < 4.78 is 33.0. The first-order valence-electron chi connectivity index (χ1n) is 4.95. The average molecular weight is 366 g/mol. The van der Waals surface area contributed by atoms with Crippen molar-refractivity contribution in [2.75, 3.05) is 0 Å². The molecule has 0 spiro atoms. The summed E-state index contributed by atoms with van der Waals surface area (Å²) in [6.45, 7) is 0. The molecule has 1 rings (SSSR count). The molecule has 3 unspecified atom stereocenters. The minimum atomic E-state index is -4.52. The van der Waals surface area contributed by atoms with Gasteiger partial charge in [0.1, 0.15) is 0 Å². The van der Waals surface area contributed by atoms with Crippen LogP contribution < -0.4 is 14.7 Å². The van der Waals surface area contributed by atoms with E-state index in [1.807, 2.05) is 0 Å². The van der Waals surface area contributed by atoms with E-state index in [-0.39, 0.29) is 0 Å². The first-order chi connectivity index (χ1) is 9.30. The molecule has 9 atom stereocenters. The van der Waals surface area contributed by atoms with Gasteiger partial charge in [-0.2, -0.15) is 0 Å².